The maximum Gasteiger partial charge on any atom is 0.260 e. The molecular formula is C23H24FN5O3. The van der Waals surface area contributed by atoms with Crippen LogP contribution in [0.1, 0.15) is 19.3 Å². The van der Waals surface area contributed by atoms with Gasteiger partial charge in [0.1, 0.15) is 11.5 Å². The van der Waals surface area contributed by atoms with Crippen LogP contribution in [0.5, 0.6) is 17.4 Å². The first-order valence-electron chi connectivity index (χ1n) is 10.4. The molecule has 0 unspecified atom stereocenters. The van der Waals surface area contributed by atoms with Crippen LogP contribution in [0.15, 0.2) is 54.7 Å². The number of nitrogens with one attached hydrogen (secondary N) is 1. The summed E-state index contributed by atoms with van der Waals surface area (Å²) in [6, 6.07) is 13.9. The van der Waals surface area contributed by atoms with Gasteiger partial charge in [0.2, 0.25) is 17.7 Å². The van der Waals surface area contributed by atoms with E-state index in [1.165, 1.54) is 0 Å². The fourth-order valence-corrected chi connectivity index (χ4v) is 3.35. The average Bonchev–Trinajstić information content (AvgIpc) is 3.19. The van der Waals surface area contributed by atoms with Crippen molar-refractivity contribution in [1.29, 1.82) is 0 Å². The summed E-state index contributed by atoms with van der Waals surface area (Å²) in [6.45, 7) is 2.04. The maximum atomic E-state index is 14.1. The van der Waals surface area contributed by atoms with Gasteiger partial charge in [0.15, 0.2) is 0 Å². The third-order valence-electron chi connectivity index (χ3n) is 4.89. The summed E-state index contributed by atoms with van der Waals surface area (Å²) in [5.74, 6) is 0.536. The maximum absolute atomic E-state index is 14.1. The Morgan fingerprint density at radius 3 is 2.81 bits per heavy atom. The number of ether oxygens (including phenoxy) is 2. The molecule has 0 atom stereocenters. The fraction of sp³-hybridized carbons (Fsp3) is 0.261. The summed E-state index contributed by atoms with van der Waals surface area (Å²) in [4.78, 5) is 21.6. The van der Waals surface area contributed by atoms with E-state index in [0.717, 1.165) is 25.6 Å². The lowest BCUT2D eigenvalue weighted by Crippen LogP contribution is -2.26. The van der Waals surface area contributed by atoms with Crippen LogP contribution in [-0.4, -0.2) is 40.5 Å². The summed E-state index contributed by atoms with van der Waals surface area (Å²) >= 11 is 0. The Balaban J connectivity index is 1.35. The van der Waals surface area contributed by atoms with Crippen molar-refractivity contribution >= 4 is 23.2 Å². The predicted octanol–water partition coefficient (Wildman–Crippen LogP) is 4.13. The third-order valence-corrected chi connectivity index (χ3v) is 4.89. The number of carbonyl (C=O) groups is 1. The molecule has 9 heteroatoms. The van der Waals surface area contributed by atoms with E-state index in [-0.39, 0.29) is 17.7 Å². The number of aromatic nitrogens is 2. The van der Waals surface area contributed by atoms with E-state index < -0.39 is 5.82 Å². The Morgan fingerprint density at radius 1 is 1.16 bits per heavy atom. The lowest BCUT2D eigenvalue weighted by atomic mass is 10.3. The molecule has 8 nitrogen and oxygen atoms in total. The van der Waals surface area contributed by atoms with Crippen molar-refractivity contribution in [2.24, 2.45) is 0 Å². The standard InChI is InChI=1S/C23H24FN5O3/c24-20-15-26-23(28-22(20)32-19-8-1-5-16(25)13-19)27-17-6-2-7-18(14-17)31-12-4-11-29-10-3-9-21(29)30/h1-2,5-8,13-15H,3-4,9-12,25H2,(H,26,27,28). The lowest BCUT2D eigenvalue weighted by molar-refractivity contribution is -0.127. The number of nitrogens with zero attached hydrogens (tertiary/aromatic N) is 3. The zero-order chi connectivity index (χ0) is 22.3. The Bertz CT molecular complexity index is 1090. The van der Waals surface area contributed by atoms with Crippen LogP contribution in [-0.2, 0) is 4.79 Å². The van der Waals surface area contributed by atoms with Crippen LogP contribution in [0.4, 0.5) is 21.7 Å². The van der Waals surface area contributed by atoms with Gasteiger partial charge in [0.25, 0.3) is 5.88 Å². The van der Waals surface area contributed by atoms with Gasteiger partial charge in [-0.1, -0.05) is 12.1 Å². The second kappa shape index (κ2) is 9.95. The first kappa shape index (κ1) is 21.4. The highest BCUT2D eigenvalue weighted by Crippen LogP contribution is 2.26. The van der Waals surface area contributed by atoms with Crippen molar-refractivity contribution in [3.8, 4) is 17.4 Å². The second-order valence-corrected chi connectivity index (χ2v) is 7.36. The Hall–Kier alpha value is -3.88. The number of nitrogens with two attached hydrogens (primary N) is 1. The van der Waals surface area contributed by atoms with Gasteiger partial charge in [-0.05, 0) is 37.1 Å². The molecule has 32 heavy (non-hydrogen) atoms. The Morgan fingerprint density at radius 2 is 2.00 bits per heavy atom. The molecule has 3 aromatic rings. The van der Waals surface area contributed by atoms with Gasteiger partial charge in [-0.2, -0.15) is 9.37 Å². The summed E-state index contributed by atoms with van der Waals surface area (Å²) in [5, 5.41) is 3.02. The topological polar surface area (TPSA) is 103 Å². The quantitative estimate of drug-likeness (QED) is 0.383. The normalized spacial score (nSPS) is 13.3. The molecule has 0 bridgehead atoms. The summed E-state index contributed by atoms with van der Waals surface area (Å²) in [5.41, 5.74) is 6.91. The molecule has 1 aliphatic heterocycles. The van der Waals surface area contributed by atoms with Gasteiger partial charge < -0.3 is 25.4 Å². The van der Waals surface area contributed by atoms with Gasteiger partial charge in [-0.15, -0.1) is 0 Å². The van der Waals surface area contributed by atoms with E-state index in [4.69, 9.17) is 15.2 Å². The van der Waals surface area contributed by atoms with Gasteiger partial charge in [-0.3, -0.25) is 4.79 Å². The molecular weight excluding hydrogens is 413 g/mol. The van der Waals surface area contributed by atoms with E-state index in [2.05, 4.69) is 15.3 Å². The van der Waals surface area contributed by atoms with E-state index in [1.807, 2.05) is 23.1 Å². The zero-order valence-corrected chi connectivity index (χ0v) is 17.5. The van der Waals surface area contributed by atoms with Crippen LogP contribution in [0.2, 0.25) is 0 Å². The number of hydrogen-bond acceptors (Lipinski definition) is 7. The van der Waals surface area contributed by atoms with Crippen molar-refractivity contribution in [3.05, 3.63) is 60.5 Å². The molecule has 2 aromatic carbocycles. The summed E-state index contributed by atoms with van der Waals surface area (Å²) in [6.07, 6.45) is 3.38. The van der Waals surface area contributed by atoms with Crippen molar-refractivity contribution in [2.75, 3.05) is 30.7 Å². The number of nitrogen functional groups attached to an aromatic ring is 1. The SMILES string of the molecule is Nc1cccc(Oc2nc(Nc3cccc(OCCCN4CCCC4=O)c3)ncc2F)c1. The van der Waals surface area contributed by atoms with Crippen molar-refractivity contribution in [3.63, 3.8) is 0 Å². The number of amides is 1. The highest BCUT2D eigenvalue weighted by molar-refractivity contribution is 5.78. The molecule has 1 aliphatic rings. The number of anilines is 3. The van der Waals surface area contributed by atoms with Crippen molar-refractivity contribution < 1.29 is 18.7 Å². The van der Waals surface area contributed by atoms with E-state index in [0.29, 0.717) is 42.4 Å². The molecule has 1 amide bonds. The number of likely N-dealkylation sites (tertiary alicyclic amines) is 1. The number of rotatable bonds is 9. The predicted molar refractivity (Wildman–Crippen MR) is 119 cm³/mol. The van der Waals surface area contributed by atoms with E-state index in [1.54, 1.807) is 30.3 Å². The first-order chi connectivity index (χ1) is 15.6. The molecule has 1 fully saturated rings. The zero-order valence-electron chi connectivity index (χ0n) is 17.5. The number of halogens is 1. The highest BCUT2D eigenvalue weighted by Gasteiger charge is 2.19. The monoisotopic (exact) mass is 437 g/mol. The van der Waals surface area contributed by atoms with Crippen molar-refractivity contribution in [2.45, 2.75) is 19.3 Å². The summed E-state index contributed by atoms with van der Waals surface area (Å²) < 4.78 is 25.4. The largest absolute Gasteiger partial charge is 0.493 e. The van der Waals surface area contributed by atoms with Gasteiger partial charge in [-0.25, -0.2) is 4.98 Å². The highest BCUT2D eigenvalue weighted by atomic mass is 19.1. The number of hydrogen-bond donors (Lipinski definition) is 2. The van der Waals surface area contributed by atoms with Crippen LogP contribution < -0.4 is 20.5 Å². The van der Waals surface area contributed by atoms with Crippen LogP contribution in [0.25, 0.3) is 0 Å². The van der Waals surface area contributed by atoms with Crippen molar-refractivity contribution in [1.82, 2.24) is 14.9 Å². The van der Waals surface area contributed by atoms with Gasteiger partial charge >= 0.3 is 0 Å². The van der Waals surface area contributed by atoms with E-state index >= 15 is 0 Å². The Labute approximate surface area is 185 Å². The van der Waals surface area contributed by atoms with Crippen LogP contribution >= 0.6 is 0 Å². The van der Waals surface area contributed by atoms with Gasteiger partial charge in [0.05, 0.1) is 12.8 Å². The second-order valence-electron chi connectivity index (χ2n) is 7.36. The number of benzene rings is 2. The summed E-state index contributed by atoms with van der Waals surface area (Å²) in [7, 11) is 0. The molecule has 0 aliphatic carbocycles. The molecule has 166 valence electrons. The minimum atomic E-state index is -0.688. The third kappa shape index (κ3) is 5.63. The minimum Gasteiger partial charge on any atom is -0.493 e. The van der Waals surface area contributed by atoms with E-state index in [9.17, 15) is 9.18 Å². The van der Waals surface area contributed by atoms with Crippen LogP contribution in [0, 0.1) is 5.82 Å². The smallest absolute Gasteiger partial charge is 0.260 e. The van der Waals surface area contributed by atoms with Crippen LogP contribution in [0.3, 0.4) is 0 Å². The molecule has 2 heterocycles. The molecule has 0 radical (unpaired) electrons. The lowest BCUT2D eigenvalue weighted by Gasteiger charge is -2.15. The number of carbonyl (C=O) groups excluding carboxylic acids is 1. The Kier molecular flexibility index (Phi) is 6.64. The van der Waals surface area contributed by atoms with Gasteiger partial charge in [0, 0.05) is 43.0 Å². The minimum absolute atomic E-state index is 0.176. The molecule has 4 rings (SSSR count). The molecule has 3 N–H and O–H groups in total. The fourth-order valence-electron chi connectivity index (χ4n) is 3.35. The molecule has 0 spiro atoms. The molecule has 1 aromatic heterocycles. The molecule has 1 saturated heterocycles. The average molecular weight is 437 g/mol. The first-order valence-corrected chi connectivity index (χ1v) is 10.4. The molecule has 0 saturated carbocycles.